The molecule has 1 aromatic heterocycles. The number of benzene rings is 1. The average Bonchev–Trinajstić information content (AvgIpc) is 2.96. The number of nitrogens with two attached hydrogens (primary N) is 1. The minimum Gasteiger partial charge on any atom is -0.375 e. The fourth-order valence-corrected chi connectivity index (χ4v) is 3.54. The highest BCUT2D eigenvalue weighted by Gasteiger charge is 2.06. The van der Waals surface area contributed by atoms with E-state index < -0.39 is 0 Å². The largest absolute Gasteiger partial charge is 0.375 e. The zero-order valence-electron chi connectivity index (χ0n) is 15.3. The van der Waals surface area contributed by atoms with E-state index in [9.17, 15) is 0 Å². The number of hydrogen-bond acceptors (Lipinski definition) is 5. The number of aliphatic imine (C=N–C) groups is 1. The number of anilines is 1. The molecule has 0 aliphatic rings. The Kier molecular flexibility index (Phi) is 7.90. The first-order valence-electron chi connectivity index (χ1n) is 8.80. The third-order valence-corrected chi connectivity index (χ3v) is 5.20. The maximum absolute atomic E-state index is 8.89. The van der Waals surface area contributed by atoms with Gasteiger partial charge >= 0.3 is 0 Å². The van der Waals surface area contributed by atoms with Crippen LogP contribution in [0.25, 0.3) is 0 Å². The maximum Gasteiger partial charge on any atom is 0.204 e. The Morgan fingerprint density at radius 2 is 2.15 bits per heavy atom. The van der Waals surface area contributed by atoms with E-state index in [0.29, 0.717) is 23.6 Å². The van der Waals surface area contributed by atoms with E-state index in [0.717, 1.165) is 31.5 Å². The molecule has 0 fully saturated rings. The molecule has 0 aliphatic carbocycles. The van der Waals surface area contributed by atoms with E-state index >= 15 is 0 Å². The summed E-state index contributed by atoms with van der Waals surface area (Å²) in [6, 6.07) is 10.4. The van der Waals surface area contributed by atoms with Gasteiger partial charge in [0.1, 0.15) is 0 Å². The van der Waals surface area contributed by atoms with Gasteiger partial charge in [-0.2, -0.15) is 5.26 Å². The fourth-order valence-electron chi connectivity index (χ4n) is 2.66. The Morgan fingerprint density at radius 3 is 2.81 bits per heavy atom. The quantitative estimate of drug-likeness (QED) is 0.218. The summed E-state index contributed by atoms with van der Waals surface area (Å²) in [6.45, 7) is 5.58. The second kappa shape index (κ2) is 10.4. The predicted octanol–water partition coefficient (Wildman–Crippen LogP) is 3.18. The van der Waals surface area contributed by atoms with Gasteiger partial charge in [-0.25, -0.2) is 4.98 Å². The van der Waals surface area contributed by atoms with Crippen molar-refractivity contribution < 1.29 is 0 Å². The van der Waals surface area contributed by atoms with E-state index in [-0.39, 0.29) is 0 Å². The molecule has 6 nitrogen and oxygen atoms in total. The number of hydrogen-bond donors (Lipinski definition) is 3. The molecule has 0 amide bonds. The van der Waals surface area contributed by atoms with Gasteiger partial charge < -0.3 is 11.1 Å². The monoisotopic (exact) mass is 370 g/mol. The second-order valence-corrected chi connectivity index (χ2v) is 7.27. The first kappa shape index (κ1) is 19.7. The lowest BCUT2D eigenvalue weighted by molar-refractivity contribution is 0.655. The number of aromatic nitrogens is 1. The molecule has 26 heavy (non-hydrogen) atoms. The topological polar surface area (TPSA) is 99.1 Å². The molecule has 0 saturated carbocycles. The van der Waals surface area contributed by atoms with Crippen LogP contribution in [0.2, 0.25) is 0 Å². The lowest BCUT2D eigenvalue weighted by Crippen LogP contribution is -2.35. The molecule has 1 aromatic carbocycles. The van der Waals surface area contributed by atoms with Gasteiger partial charge in [0, 0.05) is 18.0 Å². The molecule has 1 atom stereocenters. The zero-order chi connectivity index (χ0) is 18.8. The van der Waals surface area contributed by atoms with Crippen LogP contribution in [0.1, 0.15) is 41.8 Å². The Morgan fingerprint density at radius 1 is 1.38 bits per heavy atom. The molecule has 2 rings (SSSR count). The number of nitriles is 1. The second-order valence-electron chi connectivity index (χ2n) is 6.16. The van der Waals surface area contributed by atoms with Crippen LogP contribution >= 0.6 is 11.3 Å². The Balaban J connectivity index is 1.75. The standard InChI is InChI=1S/C19H26N6S/c1-14(16-7-4-3-5-8-16)10-12-23-19(24-13-20)22-11-6-9-17-15(2)25-18(21)26-17/h3-5,7-8,14H,6,9-12H2,1-2H3,(H2,21,25)(H2,22,23,24). The summed E-state index contributed by atoms with van der Waals surface area (Å²) in [6.07, 6.45) is 4.70. The number of thiazole rings is 1. The van der Waals surface area contributed by atoms with Crippen molar-refractivity contribution in [1.29, 1.82) is 5.26 Å². The van der Waals surface area contributed by atoms with Gasteiger partial charge in [-0.15, -0.1) is 11.3 Å². The lowest BCUT2D eigenvalue weighted by Gasteiger charge is -2.13. The number of nitrogens with zero attached hydrogens (tertiary/aromatic N) is 3. The molecule has 1 heterocycles. The van der Waals surface area contributed by atoms with Gasteiger partial charge in [0.2, 0.25) is 5.96 Å². The van der Waals surface area contributed by atoms with Crippen LogP contribution in [0, 0.1) is 18.4 Å². The van der Waals surface area contributed by atoms with Crippen LogP contribution in [0.5, 0.6) is 0 Å². The number of nitrogen functional groups attached to an aromatic ring is 1. The predicted molar refractivity (Wildman–Crippen MR) is 108 cm³/mol. The van der Waals surface area contributed by atoms with E-state index in [1.807, 2.05) is 19.2 Å². The molecule has 138 valence electrons. The summed E-state index contributed by atoms with van der Waals surface area (Å²) < 4.78 is 0. The van der Waals surface area contributed by atoms with Gasteiger partial charge in [-0.3, -0.25) is 10.3 Å². The highest BCUT2D eigenvalue weighted by molar-refractivity contribution is 7.15. The molecule has 0 radical (unpaired) electrons. The number of guanidine groups is 1. The minimum atomic E-state index is 0.451. The number of nitrogens with one attached hydrogen (secondary N) is 2. The molecule has 2 aromatic rings. The van der Waals surface area contributed by atoms with Crippen molar-refractivity contribution in [2.24, 2.45) is 4.99 Å². The van der Waals surface area contributed by atoms with E-state index in [1.54, 1.807) is 0 Å². The Bertz CT molecular complexity index is 747. The first-order valence-corrected chi connectivity index (χ1v) is 9.62. The van der Waals surface area contributed by atoms with Crippen LogP contribution < -0.4 is 16.4 Å². The average molecular weight is 371 g/mol. The van der Waals surface area contributed by atoms with Gasteiger partial charge in [-0.1, -0.05) is 37.3 Å². The summed E-state index contributed by atoms with van der Waals surface area (Å²) in [5, 5.41) is 15.4. The van der Waals surface area contributed by atoms with E-state index in [4.69, 9.17) is 11.0 Å². The van der Waals surface area contributed by atoms with Gasteiger partial charge in [-0.05, 0) is 37.7 Å². The zero-order valence-corrected chi connectivity index (χ0v) is 16.1. The van der Waals surface area contributed by atoms with Gasteiger partial charge in [0.15, 0.2) is 11.3 Å². The molecule has 0 saturated heterocycles. The third kappa shape index (κ3) is 6.37. The summed E-state index contributed by atoms with van der Waals surface area (Å²) in [7, 11) is 0. The summed E-state index contributed by atoms with van der Waals surface area (Å²) in [5.41, 5.74) is 8.04. The van der Waals surface area contributed by atoms with Crippen molar-refractivity contribution >= 4 is 22.4 Å². The van der Waals surface area contributed by atoms with Crippen LogP contribution in [-0.4, -0.2) is 24.0 Å². The lowest BCUT2D eigenvalue weighted by atomic mass is 9.98. The molecule has 7 heteroatoms. The van der Waals surface area contributed by atoms with Crippen molar-refractivity contribution in [2.75, 3.05) is 18.8 Å². The van der Waals surface area contributed by atoms with Crippen molar-refractivity contribution in [3.63, 3.8) is 0 Å². The smallest absolute Gasteiger partial charge is 0.204 e. The molecular weight excluding hydrogens is 344 g/mol. The molecule has 1 unspecified atom stereocenters. The van der Waals surface area contributed by atoms with Crippen molar-refractivity contribution in [2.45, 2.75) is 39.0 Å². The van der Waals surface area contributed by atoms with E-state index in [1.165, 1.54) is 21.8 Å². The van der Waals surface area contributed by atoms with Gasteiger partial charge in [0.25, 0.3) is 0 Å². The van der Waals surface area contributed by atoms with Crippen LogP contribution in [0.3, 0.4) is 0 Å². The molecule has 0 spiro atoms. The first-order chi connectivity index (χ1) is 12.6. The minimum absolute atomic E-state index is 0.451. The number of rotatable bonds is 8. The van der Waals surface area contributed by atoms with E-state index in [2.05, 4.69) is 51.8 Å². The Hall–Kier alpha value is -2.59. The highest BCUT2D eigenvalue weighted by atomic mass is 32.1. The fraction of sp³-hybridized carbons (Fsp3) is 0.421. The molecular formula is C19H26N6S. The van der Waals surface area contributed by atoms with Crippen LogP contribution in [-0.2, 0) is 6.42 Å². The normalized spacial score (nSPS) is 12.4. The van der Waals surface area contributed by atoms with Crippen molar-refractivity contribution in [1.82, 2.24) is 15.6 Å². The van der Waals surface area contributed by atoms with Crippen LogP contribution in [0.15, 0.2) is 35.3 Å². The number of aryl methyl sites for hydroxylation is 2. The molecule has 0 bridgehead atoms. The van der Waals surface area contributed by atoms with Crippen LogP contribution in [0.4, 0.5) is 5.13 Å². The summed E-state index contributed by atoms with van der Waals surface area (Å²) in [4.78, 5) is 9.89. The maximum atomic E-state index is 8.89. The van der Waals surface area contributed by atoms with Crippen molar-refractivity contribution in [3.8, 4) is 6.19 Å². The van der Waals surface area contributed by atoms with Gasteiger partial charge in [0.05, 0.1) is 5.69 Å². The summed E-state index contributed by atoms with van der Waals surface area (Å²) >= 11 is 1.53. The summed E-state index contributed by atoms with van der Waals surface area (Å²) in [5.74, 6) is 0.986. The third-order valence-electron chi connectivity index (χ3n) is 4.15. The van der Waals surface area contributed by atoms with Crippen molar-refractivity contribution in [3.05, 3.63) is 46.5 Å². The SMILES string of the molecule is Cc1nc(N)sc1CCCN=C(NC#N)NCCC(C)c1ccccc1. The Labute approximate surface area is 159 Å². The molecule has 4 N–H and O–H groups in total. The molecule has 0 aliphatic heterocycles. The highest BCUT2D eigenvalue weighted by Crippen LogP contribution is 2.21.